The van der Waals surface area contributed by atoms with Crippen molar-refractivity contribution < 1.29 is 9.53 Å². The van der Waals surface area contributed by atoms with Gasteiger partial charge in [-0.1, -0.05) is 41.4 Å². The van der Waals surface area contributed by atoms with Crippen LogP contribution >= 0.6 is 23.2 Å². The summed E-state index contributed by atoms with van der Waals surface area (Å²) in [6, 6.07) is 10.9. The maximum atomic E-state index is 12.2. The molecule has 1 atom stereocenters. The van der Waals surface area contributed by atoms with Crippen LogP contribution in [-0.4, -0.2) is 12.0 Å². The van der Waals surface area contributed by atoms with Gasteiger partial charge in [0, 0.05) is 0 Å². The normalized spacial score (nSPS) is 11.9. The molecule has 0 fully saturated rings. The first-order valence-electron chi connectivity index (χ1n) is 6.87. The lowest BCUT2D eigenvalue weighted by Crippen LogP contribution is -2.30. The van der Waals surface area contributed by atoms with E-state index in [0.717, 1.165) is 11.1 Å². The number of hydrogen-bond donors (Lipinski definition) is 1. The Morgan fingerprint density at radius 2 is 1.91 bits per heavy atom. The number of nitrogens with one attached hydrogen (secondary N) is 1. The minimum atomic E-state index is -0.657. The average molecular weight is 338 g/mol. The quantitative estimate of drug-likeness (QED) is 0.850. The fourth-order valence-corrected chi connectivity index (χ4v) is 2.26. The Bertz CT molecular complexity index is 701. The third-order valence-corrected chi connectivity index (χ3v) is 4.04. The minimum Gasteiger partial charge on any atom is -0.481 e. The van der Waals surface area contributed by atoms with Crippen LogP contribution in [0.1, 0.15) is 18.1 Å². The van der Waals surface area contributed by atoms with Gasteiger partial charge in [-0.15, -0.1) is 0 Å². The number of carbonyl (C=O) groups excluding carboxylic acids is 1. The van der Waals surface area contributed by atoms with Crippen LogP contribution in [-0.2, 0) is 4.79 Å². The highest BCUT2D eigenvalue weighted by atomic mass is 35.5. The molecule has 1 amide bonds. The van der Waals surface area contributed by atoms with E-state index in [0.29, 0.717) is 21.5 Å². The molecule has 0 aliphatic carbocycles. The zero-order valence-corrected chi connectivity index (χ0v) is 14.1. The third-order valence-electron chi connectivity index (χ3n) is 3.23. The molecule has 0 aliphatic heterocycles. The molecule has 0 radical (unpaired) electrons. The van der Waals surface area contributed by atoms with E-state index in [4.69, 9.17) is 27.9 Å². The summed E-state index contributed by atoms with van der Waals surface area (Å²) in [4.78, 5) is 12.2. The summed E-state index contributed by atoms with van der Waals surface area (Å²) in [7, 11) is 0. The number of ether oxygens (including phenoxy) is 1. The highest BCUT2D eigenvalue weighted by Gasteiger charge is 2.17. The van der Waals surface area contributed by atoms with Crippen molar-refractivity contribution in [2.45, 2.75) is 26.9 Å². The molecule has 1 N–H and O–H groups in total. The Kier molecular flexibility index (Phi) is 5.33. The summed E-state index contributed by atoms with van der Waals surface area (Å²) >= 11 is 12.0. The maximum absolute atomic E-state index is 12.2. The van der Waals surface area contributed by atoms with Crippen molar-refractivity contribution >= 4 is 34.8 Å². The molecule has 2 aromatic carbocycles. The van der Waals surface area contributed by atoms with Crippen molar-refractivity contribution in [3.8, 4) is 5.75 Å². The standard InChI is InChI=1S/C17H17Cl2NO2/c1-10-7-8-11(2)15(9-10)22-12(3)17(21)20-14-6-4-5-13(18)16(14)19/h4-9,12H,1-3H3,(H,20,21)/t12-/m0/s1. The van der Waals surface area contributed by atoms with Crippen molar-refractivity contribution in [1.82, 2.24) is 0 Å². The third kappa shape index (κ3) is 3.93. The van der Waals surface area contributed by atoms with Crippen molar-refractivity contribution in [2.24, 2.45) is 0 Å². The second-order valence-electron chi connectivity index (χ2n) is 5.12. The van der Waals surface area contributed by atoms with E-state index in [2.05, 4.69) is 5.32 Å². The van der Waals surface area contributed by atoms with Gasteiger partial charge in [0.25, 0.3) is 5.91 Å². The first-order valence-corrected chi connectivity index (χ1v) is 7.63. The largest absolute Gasteiger partial charge is 0.481 e. The number of carbonyl (C=O) groups is 1. The number of aryl methyl sites for hydroxylation is 2. The monoisotopic (exact) mass is 337 g/mol. The highest BCUT2D eigenvalue weighted by Crippen LogP contribution is 2.29. The van der Waals surface area contributed by atoms with E-state index in [1.54, 1.807) is 25.1 Å². The van der Waals surface area contributed by atoms with E-state index >= 15 is 0 Å². The van der Waals surface area contributed by atoms with Gasteiger partial charge in [-0.2, -0.15) is 0 Å². The maximum Gasteiger partial charge on any atom is 0.265 e. The van der Waals surface area contributed by atoms with E-state index in [1.807, 2.05) is 32.0 Å². The van der Waals surface area contributed by atoms with Crippen LogP contribution in [0, 0.1) is 13.8 Å². The van der Waals surface area contributed by atoms with Crippen LogP contribution in [0.15, 0.2) is 36.4 Å². The van der Waals surface area contributed by atoms with Gasteiger partial charge in [-0.05, 0) is 50.1 Å². The lowest BCUT2D eigenvalue weighted by atomic mass is 10.1. The summed E-state index contributed by atoms with van der Waals surface area (Å²) < 4.78 is 5.74. The van der Waals surface area contributed by atoms with Gasteiger partial charge in [-0.3, -0.25) is 4.79 Å². The number of amides is 1. The lowest BCUT2D eigenvalue weighted by Gasteiger charge is -2.17. The molecule has 2 aromatic rings. The molecule has 0 bridgehead atoms. The van der Waals surface area contributed by atoms with E-state index in [9.17, 15) is 4.79 Å². The Hall–Kier alpha value is -1.71. The first-order chi connectivity index (χ1) is 10.4. The predicted octanol–water partition coefficient (Wildman–Crippen LogP) is 5.02. The number of rotatable bonds is 4. The molecule has 116 valence electrons. The lowest BCUT2D eigenvalue weighted by molar-refractivity contribution is -0.122. The van der Waals surface area contributed by atoms with E-state index in [-0.39, 0.29) is 5.91 Å². The van der Waals surface area contributed by atoms with Crippen LogP contribution in [0.25, 0.3) is 0 Å². The fraction of sp³-hybridized carbons (Fsp3) is 0.235. The summed E-state index contributed by atoms with van der Waals surface area (Å²) in [5, 5.41) is 3.43. The molecule has 0 saturated carbocycles. The summed E-state index contributed by atoms with van der Waals surface area (Å²) in [5.41, 5.74) is 2.52. The Morgan fingerprint density at radius 1 is 1.18 bits per heavy atom. The Morgan fingerprint density at radius 3 is 2.64 bits per heavy atom. The minimum absolute atomic E-state index is 0.287. The summed E-state index contributed by atoms with van der Waals surface area (Å²) in [5.74, 6) is 0.407. The number of hydrogen-bond acceptors (Lipinski definition) is 2. The van der Waals surface area contributed by atoms with Gasteiger partial charge >= 0.3 is 0 Å². The zero-order chi connectivity index (χ0) is 16.3. The molecule has 0 saturated heterocycles. The van der Waals surface area contributed by atoms with Gasteiger partial charge in [0.1, 0.15) is 5.75 Å². The summed E-state index contributed by atoms with van der Waals surface area (Å²) in [6.07, 6.45) is -0.657. The van der Waals surface area contributed by atoms with Gasteiger partial charge in [0.15, 0.2) is 6.10 Å². The first kappa shape index (κ1) is 16.7. The molecule has 0 unspecified atom stereocenters. The van der Waals surface area contributed by atoms with E-state index in [1.165, 1.54) is 0 Å². The molecule has 22 heavy (non-hydrogen) atoms. The SMILES string of the molecule is Cc1ccc(C)c(O[C@@H](C)C(=O)Nc2cccc(Cl)c2Cl)c1. The molecule has 0 aromatic heterocycles. The van der Waals surface area contributed by atoms with Gasteiger partial charge in [0.2, 0.25) is 0 Å². The van der Waals surface area contributed by atoms with Crippen molar-refractivity contribution in [3.63, 3.8) is 0 Å². The van der Waals surface area contributed by atoms with Crippen molar-refractivity contribution in [1.29, 1.82) is 0 Å². The van der Waals surface area contributed by atoms with Gasteiger partial charge < -0.3 is 10.1 Å². The predicted molar refractivity (Wildman–Crippen MR) is 91.1 cm³/mol. The van der Waals surface area contributed by atoms with Crippen LogP contribution in [0.5, 0.6) is 5.75 Å². The molecule has 0 heterocycles. The molecular weight excluding hydrogens is 321 g/mol. The molecule has 3 nitrogen and oxygen atoms in total. The molecular formula is C17H17Cl2NO2. The smallest absolute Gasteiger partial charge is 0.265 e. The second-order valence-corrected chi connectivity index (χ2v) is 5.90. The van der Waals surface area contributed by atoms with Gasteiger partial charge in [0.05, 0.1) is 15.7 Å². The topological polar surface area (TPSA) is 38.3 Å². The van der Waals surface area contributed by atoms with Crippen LogP contribution < -0.4 is 10.1 Å². The average Bonchev–Trinajstić information content (AvgIpc) is 2.47. The van der Waals surface area contributed by atoms with Crippen molar-refractivity contribution in [2.75, 3.05) is 5.32 Å². The molecule has 0 aliphatic rings. The Balaban J connectivity index is 2.09. The fourth-order valence-electron chi connectivity index (χ4n) is 1.91. The van der Waals surface area contributed by atoms with Crippen LogP contribution in [0.4, 0.5) is 5.69 Å². The molecule has 2 rings (SSSR count). The van der Waals surface area contributed by atoms with Crippen LogP contribution in [0.3, 0.4) is 0 Å². The molecule has 0 spiro atoms. The zero-order valence-electron chi connectivity index (χ0n) is 12.6. The van der Waals surface area contributed by atoms with Crippen molar-refractivity contribution in [3.05, 3.63) is 57.6 Å². The summed E-state index contributed by atoms with van der Waals surface area (Å²) in [6.45, 7) is 5.60. The number of benzene rings is 2. The Labute approximate surface area is 140 Å². The van der Waals surface area contributed by atoms with Crippen LogP contribution in [0.2, 0.25) is 10.0 Å². The molecule has 5 heteroatoms. The number of halogens is 2. The van der Waals surface area contributed by atoms with Gasteiger partial charge in [-0.25, -0.2) is 0 Å². The highest BCUT2D eigenvalue weighted by molar-refractivity contribution is 6.44. The van der Waals surface area contributed by atoms with E-state index < -0.39 is 6.10 Å². The number of anilines is 1. The second kappa shape index (κ2) is 7.03.